The largest absolute Gasteiger partial charge is 0.397 e. The molecule has 8 aromatic carbocycles. The van der Waals surface area contributed by atoms with Gasteiger partial charge in [-0.15, -0.1) is 0 Å². The van der Waals surface area contributed by atoms with Crippen LogP contribution in [0, 0.1) is 6.92 Å². The van der Waals surface area contributed by atoms with Crippen molar-refractivity contribution in [1.29, 1.82) is 0 Å². The number of rotatable bonds is 6. The molecular formula is C52H37N3. The predicted octanol–water partition coefficient (Wildman–Crippen LogP) is 13.3. The molecule has 0 aliphatic heterocycles. The van der Waals surface area contributed by atoms with Crippen molar-refractivity contribution in [2.24, 2.45) is 5.73 Å². The lowest BCUT2D eigenvalue weighted by atomic mass is 9.84. The second-order valence-corrected chi connectivity index (χ2v) is 14.2. The van der Waals surface area contributed by atoms with E-state index in [-0.39, 0.29) is 0 Å². The zero-order chi connectivity index (χ0) is 36.9. The van der Waals surface area contributed by atoms with E-state index in [0.29, 0.717) is 5.70 Å². The lowest BCUT2D eigenvalue weighted by Crippen LogP contribution is -1.99. The number of fused-ring (bicyclic) bond motifs is 4. The van der Waals surface area contributed by atoms with E-state index < -0.39 is 0 Å². The molecular weight excluding hydrogens is 667 g/mol. The summed E-state index contributed by atoms with van der Waals surface area (Å²) >= 11 is 0. The normalized spacial score (nSPS) is 11.9. The number of aromatic nitrogens is 2. The molecule has 0 fully saturated rings. The quantitative estimate of drug-likeness (QED) is 0.175. The summed E-state index contributed by atoms with van der Waals surface area (Å²) in [6, 6.07) is 65.3. The van der Waals surface area contributed by atoms with Gasteiger partial charge in [-0.05, 0) is 115 Å². The minimum atomic E-state index is 0.636. The van der Waals surface area contributed by atoms with Gasteiger partial charge in [0.05, 0.1) is 16.9 Å². The Balaban J connectivity index is 1.12. The molecule has 0 aliphatic rings. The van der Waals surface area contributed by atoms with Crippen LogP contribution in [0.15, 0.2) is 188 Å². The lowest BCUT2D eigenvalue weighted by molar-refractivity contribution is 1.05. The Morgan fingerprint density at radius 1 is 0.509 bits per heavy atom. The van der Waals surface area contributed by atoms with Crippen molar-refractivity contribution in [2.75, 3.05) is 0 Å². The Morgan fingerprint density at radius 2 is 1.09 bits per heavy atom. The Bertz CT molecular complexity index is 3020. The molecule has 0 saturated heterocycles. The molecule has 3 nitrogen and oxygen atoms in total. The number of para-hydroxylation sites is 1. The van der Waals surface area contributed by atoms with Crippen LogP contribution < -0.4 is 5.73 Å². The third-order valence-corrected chi connectivity index (χ3v) is 11.0. The number of hydrogen-bond donors (Lipinski definition) is 1. The minimum absolute atomic E-state index is 0.636. The highest BCUT2D eigenvalue weighted by molar-refractivity contribution is 6.23. The van der Waals surface area contributed by atoms with Crippen molar-refractivity contribution in [1.82, 2.24) is 9.55 Å². The average molecular weight is 704 g/mol. The van der Waals surface area contributed by atoms with Gasteiger partial charge in [-0.25, -0.2) is 0 Å². The molecule has 2 aromatic heterocycles. The zero-order valence-electron chi connectivity index (χ0n) is 30.4. The maximum Gasteiger partial charge on any atom is 0.0859 e. The maximum absolute atomic E-state index is 6.69. The van der Waals surface area contributed by atoms with Gasteiger partial charge in [-0.1, -0.05) is 146 Å². The number of nitrogens with two attached hydrogens (primary N) is 1. The van der Waals surface area contributed by atoms with E-state index in [4.69, 9.17) is 5.73 Å². The van der Waals surface area contributed by atoms with Crippen LogP contribution in [0.4, 0.5) is 0 Å². The molecule has 10 aromatic rings. The molecule has 3 heteroatoms. The summed E-state index contributed by atoms with van der Waals surface area (Å²) in [5, 5.41) is 8.66. The van der Waals surface area contributed by atoms with Gasteiger partial charge in [0, 0.05) is 28.5 Å². The fourth-order valence-corrected chi connectivity index (χ4v) is 8.48. The average Bonchev–Trinajstić information content (AvgIpc) is 3.52. The van der Waals surface area contributed by atoms with Gasteiger partial charge in [-0.2, -0.15) is 0 Å². The molecule has 2 heterocycles. The summed E-state index contributed by atoms with van der Waals surface area (Å²) in [6.45, 7) is 2.17. The highest BCUT2D eigenvalue weighted by Gasteiger charge is 2.19. The van der Waals surface area contributed by atoms with Crippen LogP contribution >= 0.6 is 0 Å². The van der Waals surface area contributed by atoms with Gasteiger partial charge in [0.2, 0.25) is 0 Å². The van der Waals surface area contributed by atoms with Crippen LogP contribution in [-0.4, -0.2) is 9.55 Å². The topological polar surface area (TPSA) is 43.8 Å². The zero-order valence-corrected chi connectivity index (χ0v) is 30.4. The number of nitrogens with zero attached hydrogens (tertiary/aromatic N) is 2. The highest BCUT2D eigenvalue weighted by Crippen LogP contribution is 2.45. The van der Waals surface area contributed by atoms with Gasteiger partial charge < -0.3 is 10.3 Å². The van der Waals surface area contributed by atoms with Crippen molar-refractivity contribution in [2.45, 2.75) is 6.92 Å². The highest BCUT2D eigenvalue weighted by atomic mass is 15.0. The summed E-state index contributed by atoms with van der Waals surface area (Å²) in [6.07, 6.45) is 3.85. The third kappa shape index (κ3) is 5.48. The SMILES string of the molecule is Cc1c(/C=C(\N)c2ccccn2)c2cc(-c3ccc(-c4c5ccccc5c(-c5cccc6ccccc56)c5ccccc45)cc3)ccc2n1-c1ccccc1. The molecule has 2 N–H and O–H groups in total. The van der Waals surface area contributed by atoms with E-state index in [9.17, 15) is 0 Å². The molecule has 0 radical (unpaired) electrons. The van der Waals surface area contributed by atoms with Gasteiger partial charge in [0.25, 0.3) is 0 Å². The summed E-state index contributed by atoms with van der Waals surface area (Å²) < 4.78 is 2.32. The lowest BCUT2D eigenvalue weighted by Gasteiger charge is -2.19. The minimum Gasteiger partial charge on any atom is -0.397 e. The Labute approximate surface area is 320 Å². The van der Waals surface area contributed by atoms with Crippen molar-refractivity contribution < 1.29 is 0 Å². The van der Waals surface area contributed by atoms with Crippen LogP contribution in [0.25, 0.3) is 94.1 Å². The van der Waals surface area contributed by atoms with E-state index >= 15 is 0 Å². The molecule has 0 saturated carbocycles. The van der Waals surface area contributed by atoms with Gasteiger partial charge in [0.15, 0.2) is 0 Å². The second-order valence-electron chi connectivity index (χ2n) is 14.2. The number of pyridine rings is 1. The summed E-state index contributed by atoms with van der Waals surface area (Å²) in [7, 11) is 0. The molecule has 0 unspecified atom stereocenters. The molecule has 55 heavy (non-hydrogen) atoms. The van der Waals surface area contributed by atoms with E-state index in [1.165, 1.54) is 54.6 Å². The first-order chi connectivity index (χ1) is 27.1. The van der Waals surface area contributed by atoms with Crippen molar-refractivity contribution in [3.63, 3.8) is 0 Å². The Kier molecular flexibility index (Phi) is 7.85. The molecule has 260 valence electrons. The smallest absolute Gasteiger partial charge is 0.0859 e. The van der Waals surface area contributed by atoms with Crippen LogP contribution in [-0.2, 0) is 0 Å². The van der Waals surface area contributed by atoms with Crippen LogP contribution in [0.2, 0.25) is 0 Å². The summed E-state index contributed by atoms with van der Waals surface area (Å²) in [4.78, 5) is 4.52. The van der Waals surface area contributed by atoms with Gasteiger partial charge in [-0.3, -0.25) is 4.98 Å². The van der Waals surface area contributed by atoms with E-state index in [1.54, 1.807) is 6.20 Å². The maximum atomic E-state index is 6.69. The van der Waals surface area contributed by atoms with Crippen LogP contribution in [0.3, 0.4) is 0 Å². The Hall–Kier alpha value is -7.23. The fraction of sp³-hybridized carbons (Fsp3) is 0.0192. The number of benzene rings is 8. The molecule has 0 amide bonds. The molecule has 0 bridgehead atoms. The third-order valence-electron chi connectivity index (χ3n) is 11.0. The van der Waals surface area contributed by atoms with Gasteiger partial charge in [0.1, 0.15) is 0 Å². The standard InChI is InChI=1S/C52H37N3/c1-34-46(33-48(53)49-24-11-12-31-54-49)47-32-38(29-30-50(47)55(34)39-16-3-2-4-17-39)35-25-27-37(28-26-35)51-42-19-7-9-21-44(42)52(45-22-10-8-20-43(45)51)41-23-13-15-36-14-5-6-18-40(36)41/h2-33H,53H2,1H3/b48-33-. The monoisotopic (exact) mass is 703 g/mol. The number of hydrogen-bond acceptors (Lipinski definition) is 2. The van der Waals surface area contributed by atoms with Gasteiger partial charge >= 0.3 is 0 Å². The first-order valence-electron chi connectivity index (χ1n) is 18.8. The predicted molar refractivity (Wildman–Crippen MR) is 233 cm³/mol. The fourth-order valence-electron chi connectivity index (χ4n) is 8.48. The first kappa shape index (κ1) is 32.4. The van der Waals surface area contributed by atoms with Crippen molar-refractivity contribution in [3.8, 4) is 39.1 Å². The molecule has 0 spiro atoms. The van der Waals surface area contributed by atoms with Crippen molar-refractivity contribution >= 4 is 55.0 Å². The summed E-state index contributed by atoms with van der Waals surface area (Å²) in [5.41, 5.74) is 19.8. The molecule has 0 atom stereocenters. The van der Waals surface area contributed by atoms with E-state index in [1.807, 2.05) is 18.2 Å². The van der Waals surface area contributed by atoms with Crippen LogP contribution in [0.5, 0.6) is 0 Å². The van der Waals surface area contributed by atoms with E-state index in [2.05, 4.69) is 186 Å². The van der Waals surface area contributed by atoms with E-state index in [0.717, 1.165) is 44.7 Å². The Morgan fingerprint density at radius 3 is 1.78 bits per heavy atom. The second kappa shape index (κ2) is 13.3. The van der Waals surface area contributed by atoms with Crippen molar-refractivity contribution in [3.05, 3.63) is 205 Å². The first-order valence-corrected chi connectivity index (χ1v) is 18.8. The molecule has 0 aliphatic carbocycles. The summed E-state index contributed by atoms with van der Waals surface area (Å²) in [5.74, 6) is 0. The van der Waals surface area contributed by atoms with Crippen LogP contribution in [0.1, 0.15) is 17.0 Å². The molecule has 10 rings (SSSR count).